The number of rotatable bonds is 7. The Kier molecular flexibility index (Phi) is 6.56. The average molecular weight is 429 g/mol. The molecule has 0 aliphatic heterocycles. The third-order valence-electron chi connectivity index (χ3n) is 4.46. The van der Waals surface area contributed by atoms with Gasteiger partial charge in [-0.3, -0.25) is 9.52 Å². The maximum atomic E-state index is 12.7. The Labute approximate surface area is 175 Å². The van der Waals surface area contributed by atoms with Gasteiger partial charge in [0.15, 0.2) is 0 Å². The van der Waals surface area contributed by atoms with E-state index in [4.69, 9.17) is 11.6 Å². The van der Waals surface area contributed by atoms with E-state index in [0.717, 1.165) is 5.56 Å². The van der Waals surface area contributed by atoms with Gasteiger partial charge in [-0.15, -0.1) is 0 Å². The number of hydrogen-bond acceptors (Lipinski definition) is 3. The molecule has 0 aliphatic carbocycles. The van der Waals surface area contributed by atoms with Gasteiger partial charge >= 0.3 is 0 Å². The molecular formula is C22H21ClN2O3S. The van der Waals surface area contributed by atoms with Crippen molar-refractivity contribution in [3.63, 3.8) is 0 Å². The summed E-state index contributed by atoms with van der Waals surface area (Å²) in [6, 6.07) is 22.3. The van der Waals surface area contributed by atoms with Gasteiger partial charge in [0, 0.05) is 12.1 Å². The molecule has 3 rings (SSSR count). The van der Waals surface area contributed by atoms with E-state index in [1.807, 2.05) is 37.3 Å². The van der Waals surface area contributed by atoms with Gasteiger partial charge in [-0.05, 0) is 41.8 Å². The number of carbonyl (C=O) groups is 1. The Morgan fingerprint density at radius 3 is 2.38 bits per heavy atom. The molecule has 7 heteroatoms. The van der Waals surface area contributed by atoms with Crippen molar-refractivity contribution in [2.45, 2.75) is 17.7 Å². The summed E-state index contributed by atoms with van der Waals surface area (Å²) in [6.45, 7) is 2.46. The molecule has 0 bridgehead atoms. The summed E-state index contributed by atoms with van der Waals surface area (Å²) in [5.74, 6) is -0.198. The van der Waals surface area contributed by atoms with Gasteiger partial charge in [0.1, 0.15) is 0 Å². The third kappa shape index (κ3) is 5.37. The fourth-order valence-electron chi connectivity index (χ4n) is 2.80. The first-order valence-corrected chi connectivity index (χ1v) is 10.9. The molecule has 0 saturated carbocycles. The molecule has 29 heavy (non-hydrogen) atoms. The van der Waals surface area contributed by atoms with E-state index in [0.29, 0.717) is 11.6 Å². The van der Waals surface area contributed by atoms with Crippen LogP contribution in [-0.4, -0.2) is 20.9 Å². The van der Waals surface area contributed by atoms with Crippen molar-refractivity contribution in [2.24, 2.45) is 0 Å². The lowest BCUT2D eigenvalue weighted by Crippen LogP contribution is -2.27. The molecule has 0 saturated heterocycles. The van der Waals surface area contributed by atoms with Crippen LogP contribution in [-0.2, 0) is 10.0 Å². The average Bonchev–Trinajstić information content (AvgIpc) is 2.74. The van der Waals surface area contributed by atoms with Crippen LogP contribution in [0.1, 0.15) is 28.8 Å². The smallest absolute Gasteiger partial charge is 0.261 e. The van der Waals surface area contributed by atoms with E-state index in [1.165, 1.54) is 18.2 Å². The maximum Gasteiger partial charge on any atom is 0.261 e. The minimum Gasteiger partial charge on any atom is -0.351 e. The number of hydrogen-bond donors (Lipinski definition) is 2. The molecule has 1 amide bonds. The normalized spacial score (nSPS) is 12.2. The molecule has 0 radical (unpaired) electrons. The third-order valence-corrected chi connectivity index (χ3v) is 6.15. The van der Waals surface area contributed by atoms with Crippen molar-refractivity contribution in [1.29, 1.82) is 0 Å². The summed E-state index contributed by atoms with van der Waals surface area (Å²) in [7, 11) is -3.88. The first-order chi connectivity index (χ1) is 13.9. The first-order valence-electron chi connectivity index (χ1n) is 9.07. The highest BCUT2D eigenvalue weighted by atomic mass is 35.5. The lowest BCUT2D eigenvalue weighted by Gasteiger charge is -2.14. The van der Waals surface area contributed by atoms with Crippen molar-refractivity contribution in [3.8, 4) is 0 Å². The van der Waals surface area contributed by atoms with Crippen LogP contribution in [0.5, 0.6) is 0 Å². The van der Waals surface area contributed by atoms with Gasteiger partial charge in [0.2, 0.25) is 0 Å². The Balaban J connectivity index is 1.71. The molecule has 3 aromatic rings. The predicted octanol–water partition coefficient (Wildman–Crippen LogP) is 4.67. The van der Waals surface area contributed by atoms with Crippen LogP contribution < -0.4 is 10.0 Å². The summed E-state index contributed by atoms with van der Waals surface area (Å²) in [5, 5.41) is 3.15. The molecule has 0 aliphatic rings. The number of sulfonamides is 1. The lowest BCUT2D eigenvalue weighted by molar-refractivity contribution is 0.0951. The second-order valence-corrected chi connectivity index (χ2v) is 8.72. The largest absolute Gasteiger partial charge is 0.351 e. The van der Waals surface area contributed by atoms with Crippen molar-refractivity contribution in [2.75, 3.05) is 11.3 Å². The van der Waals surface area contributed by atoms with Crippen LogP contribution in [0, 0.1) is 0 Å². The van der Waals surface area contributed by atoms with Gasteiger partial charge in [-0.2, -0.15) is 0 Å². The highest BCUT2D eigenvalue weighted by molar-refractivity contribution is 7.92. The van der Waals surface area contributed by atoms with Gasteiger partial charge < -0.3 is 5.32 Å². The molecule has 3 aromatic carbocycles. The van der Waals surface area contributed by atoms with Crippen LogP contribution in [0.3, 0.4) is 0 Å². The van der Waals surface area contributed by atoms with Crippen LogP contribution in [0.25, 0.3) is 0 Å². The van der Waals surface area contributed by atoms with Crippen LogP contribution in [0.4, 0.5) is 5.69 Å². The lowest BCUT2D eigenvalue weighted by atomic mass is 10.0. The molecule has 2 N–H and O–H groups in total. The van der Waals surface area contributed by atoms with E-state index in [9.17, 15) is 13.2 Å². The number of para-hydroxylation sites is 1. The summed E-state index contributed by atoms with van der Waals surface area (Å²) in [6.07, 6.45) is 0. The second kappa shape index (κ2) is 9.11. The first kappa shape index (κ1) is 20.9. The van der Waals surface area contributed by atoms with Crippen molar-refractivity contribution >= 4 is 33.2 Å². The summed E-state index contributed by atoms with van der Waals surface area (Å²) >= 11 is 6.03. The van der Waals surface area contributed by atoms with E-state index < -0.39 is 10.0 Å². The summed E-state index contributed by atoms with van der Waals surface area (Å²) < 4.78 is 27.8. The molecule has 1 atom stereocenters. The molecule has 0 aromatic heterocycles. The predicted molar refractivity (Wildman–Crippen MR) is 116 cm³/mol. The van der Waals surface area contributed by atoms with Gasteiger partial charge in [0.05, 0.1) is 15.6 Å². The molecule has 0 heterocycles. The molecule has 150 valence electrons. The number of halogens is 1. The van der Waals surface area contributed by atoms with E-state index in [-0.39, 0.29) is 28.0 Å². The number of carbonyl (C=O) groups excluding carboxylic acids is 1. The maximum absolute atomic E-state index is 12.7. The summed E-state index contributed by atoms with van der Waals surface area (Å²) in [5.41, 5.74) is 1.67. The molecule has 1 unspecified atom stereocenters. The molecule has 0 fully saturated rings. The monoisotopic (exact) mass is 428 g/mol. The van der Waals surface area contributed by atoms with Gasteiger partial charge in [-0.1, -0.05) is 67.1 Å². The zero-order valence-electron chi connectivity index (χ0n) is 15.8. The van der Waals surface area contributed by atoms with Crippen molar-refractivity contribution < 1.29 is 13.2 Å². The van der Waals surface area contributed by atoms with Gasteiger partial charge in [0.25, 0.3) is 15.9 Å². The quantitative estimate of drug-likeness (QED) is 0.574. The number of amides is 1. The number of nitrogens with one attached hydrogen (secondary N) is 2. The molecule has 0 spiro atoms. The highest BCUT2D eigenvalue weighted by Crippen LogP contribution is 2.24. The molecular weight excluding hydrogens is 408 g/mol. The van der Waals surface area contributed by atoms with E-state index in [2.05, 4.69) is 10.0 Å². The Hall–Kier alpha value is -2.83. The molecule has 5 nitrogen and oxygen atoms in total. The fourth-order valence-corrected chi connectivity index (χ4v) is 4.16. The van der Waals surface area contributed by atoms with Crippen LogP contribution >= 0.6 is 11.6 Å². The van der Waals surface area contributed by atoms with Gasteiger partial charge in [-0.25, -0.2) is 8.42 Å². The zero-order valence-corrected chi connectivity index (χ0v) is 17.4. The van der Waals surface area contributed by atoms with E-state index >= 15 is 0 Å². The topological polar surface area (TPSA) is 75.3 Å². The summed E-state index contributed by atoms with van der Waals surface area (Å²) in [4.78, 5) is 12.5. The standard InChI is InChI=1S/C22H21ClN2O3S/c1-16(17-8-3-2-4-9-17)15-24-22(26)18-10-7-11-19(14-18)29(27,28)25-21-13-6-5-12-20(21)23/h2-14,16,25H,15H2,1H3,(H,24,26). The Bertz CT molecular complexity index is 1100. The highest BCUT2D eigenvalue weighted by Gasteiger charge is 2.18. The fraction of sp³-hybridized carbons (Fsp3) is 0.136. The minimum absolute atomic E-state index is 0.0128. The van der Waals surface area contributed by atoms with Crippen LogP contribution in [0.2, 0.25) is 5.02 Å². The second-order valence-electron chi connectivity index (χ2n) is 6.63. The Morgan fingerprint density at radius 2 is 1.66 bits per heavy atom. The SMILES string of the molecule is CC(CNC(=O)c1cccc(S(=O)(=O)Nc2ccccc2Cl)c1)c1ccccc1. The minimum atomic E-state index is -3.88. The zero-order chi connectivity index (χ0) is 20.9. The van der Waals surface area contributed by atoms with Crippen LogP contribution in [0.15, 0.2) is 83.8 Å². The van der Waals surface area contributed by atoms with Crippen molar-refractivity contribution in [3.05, 3.63) is 95.0 Å². The number of benzene rings is 3. The number of anilines is 1. The Morgan fingerprint density at radius 1 is 0.966 bits per heavy atom. The van der Waals surface area contributed by atoms with Crippen molar-refractivity contribution in [1.82, 2.24) is 5.32 Å². The van der Waals surface area contributed by atoms with E-state index in [1.54, 1.807) is 30.3 Å².